The van der Waals surface area contributed by atoms with Gasteiger partial charge in [-0.05, 0) is 6.42 Å². The van der Waals surface area contributed by atoms with Crippen molar-refractivity contribution in [3.05, 3.63) is 0 Å². The fourth-order valence-electron chi connectivity index (χ4n) is 1.33. The molecule has 0 aromatic carbocycles. The zero-order chi connectivity index (χ0) is 9.90. The predicted octanol–water partition coefficient (Wildman–Crippen LogP) is 1.92. The summed E-state index contributed by atoms with van der Waals surface area (Å²) in [5, 5.41) is 9.81. The van der Waals surface area contributed by atoms with Crippen LogP contribution in [-0.4, -0.2) is 34.9 Å². The van der Waals surface area contributed by atoms with Crippen molar-refractivity contribution in [2.75, 3.05) is 19.0 Å². The van der Waals surface area contributed by atoms with Crippen molar-refractivity contribution >= 4 is 11.8 Å². The Morgan fingerprint density at radius 3 is 2.69 bits per heavy atom. The maximum atomic E-state index is 9.81. The normalized spacial score (nSPS) is 26.3. The molecule has 1 rings (SSSR count). The highest BCUT2D eigenvalue weighted by Gasteiger charge is 2.25. The van der Waals surface area contributed by atoms with Gasteiger partial charge in [-0.1, -0.05) is 20.8 Å². The molecule has 0 aromatic rings. The average Bonchev–Trinajstić information content (AvgIpc) is 2.50. The lowest BCUT2D eigenvalue weighted by molar-refractivity contribution is 0.109. The molecule has 1 aliphatic heterocycles. The van der Waals surface area contributed by atoms with E-state index in [0.29, 0.717) is 5.92 Å². The van der Waals surface area contributed by atoms with Gasteiger partial charge in [-0.25, -0.2) is 0 Å². The summed E-state index contributed by atoms with van der Waals surface area (Å²) in [4.78, 5) is 0. The van der Waals surface area contributed by atoms with Crippen LogP contribution >= 0.6 is 11.8 Å². The van der Waals surface area contributed by atoms with Crippen LogP contribution in [0, 0.1) is 5.92 Å². The number of ether oxygens (including phenoxy) is 1. The second-order valence-corrected chi connectivity index (χ2v) is 6.46. The molecule has 1 fully saturated rings. The van der Waals surface area contributed by atoms with Crippen LogP contribution in [0.5, 0.6) is 0 Å². The molecule has 0 radical (unpaired) electrons. The number of thioether (sulfide) groups is 1. The third-order valence-corrected chi connectivity index (χ3v) is 3.57. The maximum Gasteiger partial charge on any atom is 0.0681 e. The molecule has 0 saturated carbocycles. The first-order chi connectivity index (χ1) is 5.99. The Morgan fingerprint density at radius 1 is 1.54 bits per heavy atom. The number of rotatable bonds is 3. The SMILES string of the molecule is CC(C)(C)SCC(O)C1CCOC1. The van der Waals surface area contributed by atoms with Gasteiger partial charge >= 0.3 is 0 Å². The Labute approximate surface area is 85.0 Å². The number of aliphatic hydroxyl groups is 1. The molecule has 2 atom stereocenters. The van der Waals surface area contributed by atoms with Gasteiger partial charge in [-0.3, -0.25) is 0 Å². The molecule has 0 amide bonds. The van der Waals surface area contributed by atoms with E-state index >= 15 is 0 Å². The molecular formula is C10H20O2S. The molecule has 1 heterocycles. The smallest absolute Gasteiger partial charge is 0.0681 e. The predicted molar refractivity (Wildman–Crippen MR) is 57.1 cm³/mol. The highest BCUT2D eigenvalue weighted by Crippen LogP contribution is 2.27. The van der Waals surface area contributed by atoms with E-state index in [2.05, 4.69) is 20.8 Å². The van der Waals surface area contributed by atoms with Gasteiger partial charge in [0.05, 0.1) is 12.7 Å². The lowest BCUT2D eigenvalue weighted by atomic mass is 10.0. The lowest BCUT2D eigenvalue weighted by Crippen LogP contribution is -2.25. The van der Waals surface area contributed by atoms with E-state index in [1.165, 1.54) is 0 Å². The van der Waals surface area contributed by atoms with Gasteiger partial charge in [0.25, 0.3) is 0 Å². The quantitative estimate of drug-likeness (QED) is 0.761. The molecule has 1 N–H and O–H groups in total. The van der Waals surface area contributed by atoms with Crippen LogP contribution < -0.4 is 0 Å². The molecule has 0 aromatic heterocycles. The number of hydrogen-bond acceptors (Lipinski definition) is 3. The van der Waals surface area contributed by atoms with E-state index in [1.54, 1.807) is 0 Å². The first-order valence-corrected chi connectivity index (χ1v) is 5.87. The Hall–Kier alpha value is 0.270. The van der Waals surface area contributed by atoms with Crippen molar-refractivity contribution in [1.82, 2.24) is 0 Å². The van der Waals surface area contributed by atoms with Crippen molar-refractivity contribution in [3.63, 3.8) is 0 Å². The van der Waals surface area contributed by atoms with Crippen molar-refractivity contribution in [1.29, 1.82) is 0 Å². The Bertz CT molecular complexity index is 147. The van der Waals surface area contributed by atoms with Crippen LogP contribution in [0.3, 0.4) is 0 Å². The summed E-state index contributed by atoms with van der Waals surface area (Å²) >= 11 is 1.82. The molecular weight excluding hydrogens is 184 g/mol. The monoisotopic (exact) mass is 204 g/mol. The van der Waals surface area contributed by atoms with Gasteiger partial charge in [-0.15, -0.1) is 0 Å². The third kappa shape index (κ3) is 4.34. The lowest BCUT2D eigenvalue weighted by Gasteiger charge is -2.22. The molecule has 78 valence electrons. The summed E-state index contributed by atoms with van der Waals surface area (Å²) in [6.07, 6.45) is 0.831. The highest BCUT2D eigenvalue weighted by atomic mass is 32.2. The van der Waals surface area contributed by atoms with E-state index < -0.39 is 0 Å². The van der Waals surface area contributed by atoms with E-state index in [1.807, 2.05) is 11.8 Å². The summed E-state index contributed by atoms with van der Waals surface area (Å²) in [5.74, 6) is 1.20. The first kappa shape index (κ1) is 11.3. The minimum absolute atomic E-state index is 0.188. The molecule has 13 heavy (non-hydrogen) atoms. The van der Waals surface area contributed by atoms with Crippen LogP contribution in [0.4, 0.5) is 0 Å². The fourth-order valence-corrected chi connectivity index (χ4v) is 2.27. The second kappa shape index (κ2) is 4.67. The van der Waals surface area contributed by atoms with Crippen LogP contribution in [-0.2, 0) is 4.74 Å². The summed E-state index contributed by atoms with van der Waals surface area (Å²) in [5.41, 5.74) is 0. The summed E-state index contributed by atoms with van der Waals surface area (Å²) < 4.78 is 5.49. The average molecular weight is 204 g/mol. The Balaban J connectivity index is 2.20. The molecule has 3 heteroatoms. The molecule has 1 saturated heterocycles. The highest BCUT2D eigenvalue weighted by molar-refractivity contribution is 8.00. The maximum absolute atomic E-state index is 9.81. The van der Waals surface area contributed by atoms with Gasteiger partial charge in [0.1, 0.15) is 0 Å². The van der Waals surface area contributed by atoms with Crippen LogP contribution in [0.25, 0.3) is 0 Å². The van der Waals surface area contributed by atoms with E-state index in [9.17, 15) is 5.11 Å². The van der Waals surface area contributed by atoms with E-state index in [-0.39, 0.29) is 10.9 Å². The molecule has 0 bridgehead atoms. The van der Waals surface area contributed by atoms with Gasteiger partial charge in [0.2, 0.25) is 0 Å². The fraction of sp³-hybridized carbons (Fsp3) is 1.00. The molecule has 2 nitrogen and oxygen atoms in total. The minimum atomic E-state index is -0.188. The largest absolute Gasteiger partial charge is 0.392 e. The Kier molecular flexibility index (Phi) is 4.07. The van der Waals surface area contributed by atoms with Gasteiger partial charge < -0.3 is 9.84 Å². The topological polar surface area (TPSA) is 29.5 Å². The first-order valence-electron chi connectivity index (χ1n) is 4.89. The summed E-state index contributed by atoms with van der Waals surface area (Å²) in [6.45, 7) is 8.09. The van der Waals surface area contributed by atoms with Crippen LogP contribution in [0.1, 0.15) is 27.2 Å². The van der Waals surface area contributed by atoms with Crippen molar-refractivity contribution in [2.45, 2.75) is 38.0 Å². The van der Waals surface area contributed by atoms with Crippen molar-refractivity contribution in [2.24, 2.45) is 5.92 Å². The van der Waals surface area contributed by atoms with Gasteiger partial charge in [0, 0.05) is 23.0 Å². The van der Waals surface area contributed by atoms with Gasteiger partial charge in [-0.2, -0.15) is 11.8 Å². The molecule has 1 aliphatic rings. The van der Waals surface area contributed by atoms with Crippen LogP contribution in [0.15, 0.2) is 0 Å². The molecule has 0 aliphatic carbocycles. The molecule has 2 unspecified atom stereocenters. The summed E-state index contributed by atoms with van der Waals surface area (Å²) in [6, 6.07) is 0. The van der Waals surface area contributed by atoms with Crippen molar-refractivity contribution in [3.8, 4) is 0 Å². The zero-order valence-corrected chi connectivity index (χ0v) is 9.56. The standard InChI is InChI=1S/C10H20O2S/c1-10(2,3)13-7-9(11)8-4-5-12-6-8/h8-9,11H,4-7H2,1-3H3. The Morgan fingerprint density at radius 2 is 2.23 bits per heavy atom. The molecule has 0 spiro atoms. The zero-order valence-electron chi connectivity index (χ0n) is 8.75. The third-order valence-electron chi connectivity index (χ3n) is 2.20. The summed E-state index contributed by atoms with van der Waals surface area (Å²) in [7, 11) is 0. The number of hydrogen-bond donors (Lipinski definition) is 1. The minimum Gasteiger partial charge on any atom is -0.392 e. The second-order valence-electron chi connectivity index (χ2n) is 4.61. The number of aliphatic hydroxyl groups excluding tert-OH is 1. The van der Waals surface area contributed by atoms with Crippen molar-refractivity contribution < 1.29 is 9.84 Å². The van der Waals surface area contributed by atoms with Gasteiger partial charge in [0.15, 0.2) is 0 Å². The van der Waals surface area contributed by atoms with Crippen LogP contribution in [0.2, 0.25) is 0 Å². The van der Waals surface area contributed by atoms with E-state index in [4.69, 9.17) is 4.74 Å². The van der Waals surface area contributed by atoms with E-state index in [0.717, 1.165) is 25.4 Å².